The quantitative estimate of drug-likeness (QED) is 0.250. The van der Waals surface area contributed by atoms with E-state index in [-0.39, 0.29) is 24.1 Å². The van der Waals surface area contributed by atoms with Gasteiger partial charge in [-0.3, -0.25) is 14.4 Å². The van der Waals surface area contributed by atoms with Crippen LogP contribution < -0.4 is 0 Å². The Labute approximate surface area is 150 Å². The molecule has 2 N–H and O–H groups in total. The van der Waals surface area contributed by atoms with Crippen LogP contribution in [0, 0.1) is 5.92 Å². The number of ketones is 2. The molecule has 0 saturated heterocycles. The number of aliphatic hydroxyl groups is 2. The highest BCUT2D eigenvalue weighted by Gasteiger charge is 2.18. The number of Topliss-reactive ketones (excluding diaryl/α,β-unsaturated/α-hetero) is 2. The minimum atomic E-state index is -0.995. The van der Waals surface area contributed by atoms with Crippen LogP contribution in [0.5, 0.6) is 0 Å². The summed E-state index contributed by atoms with van der Waals surface area (Å²) in [6.07, 6.45) is 8.10. The van der Waals surface area contributed by atoms with Crippen molar-refractivity contribution in [3.8, 4) is 0 Å². The summed E-state index contributed by atoms with van der Waals surface area (Å²) in [7, 11) is 0. The van der Waals surface area contributed by atoms with Crippen LogP contribution >= 0.6 is 0 Å². The van der Waals surface area contributed by atoms with E-state index in [1.54, 1.807) is 0 Å². The van der Waals surface area contributed by atoms with Crippen molar-refractivity contribution in [2.45, 2.75) is 84.2 Å². The molecule has 1 unspecified atom stereocenters. The third-order valence-corrected chi connectivity index (χ3v) is 4.25. The molecule has 0 bridgehead atoms. The molecule has 0 saturated carbocycles. The smallest absolute Gasteiger partial charge is 0.305 e. The topological polar surface area (TPSA) is 101 Å². The van der Waals surface area contributed by atoms with E-state index >= 15 is 0 Å². The highest BCUT2D eigenvalue weighted by atomic mass is 16.5. The van der Waals surface area contributed by atoms with Gasteiger partial charge in [0.05, 0.1) is 12.5 Å². The third kappa shape index (κ3) is 13.7. The van der Waals surface area contributed by atoms with Crippen molar-refractivity contribution in [1.82, 2.24) is 0 Å². The second-order valence-electron chi connectivity index (χ2n) is 6.66. The molecule has 0 aliphatic rings. The van der Waals surface area contributed by atoms with Gasteiger partial charge < -0.3 is 14.9 Å². The number of ether oxygens (including phenoxy) is 1. The predicted octanol–water partition coefficient (Wildman–Crippen LogP) is 2.58. The number of carbonyl (C=O) groups excluding carboxylic acids is 3. The molecule has 25 heavy (non-hydrogen) atoms. The number of carbonyl (C=O) groups is 3. The van der Waals surface area contributed by atoms with E-state index in [0.29, 0.717) is 12.8 Å². The SMILES string of the molecule is CC(=O)C(CCCCCCCCCCC(=O)OCC(O)CO)C(C)=O. The maximum absolute atomic E-state index is 11.4. The van der Waals surface area contributed by atoms with Gasteiger partial charge in [-0.2, -0.15) is 0 Å². The molecular formula is C19H34O6. The van der Waals surface area contributed by atoms with Gasteiger partial charge in [0.2, 0.25) is 0 Å². The Morgan fingerprint density at radius 1 is 0.840 bits per heavy atom. The van der Waals surface area contributed by atoms with Gasteiger partial charge in [-0.15, -0.1) is 0 Å². The van der Waals surface area contributed by atoms with Crippen LogP contribution in [0.3, 0.4) is 0 Å². The van der Waals surface area contributed by atoms with Crippen molar-refractivity contribution in [2.24, 2.45) is 5.92 Å². The lowest BCUT2D eigenvalue weighted by Crippen LogP contribution is -2.21. The number of hydrogen-bond donors (Lipinski definition) is 2. The number of hydrogen-bond acceptors (Lipinski definition) is 6. The van der Waals surface area contributed by atoms with Crippen LogP contribution in [-0.2, 0) is 19.1 Å². The summed E-state index contributed by atoms with van der Waals surface area (Å²) in [5, 5.41) is 17.7. The second kappa shape index (κ2) is 15.0. The summed E-state index contributed by atoms with van der Waals surface area (Å²) in [5.74, 6) is -0.815. The van der Waals surface area contributed by atoms with Crippen molar-refractivity contribution >= 4 is 17.5 Å². The molecule has 0 radical (unpaired) electrons. The molecule has 0 spiro atoms. The Morgan fingerprint density at radius 2 is 1.32 bits per heavy atom. The van der Waals surface area contributed by atoms with E-state index in [2.05, 4.69) is 0 Å². The molecule has 0 heterocycles. The van der Waals surface area contributed by atoms with E-state index in [1.165, 1.54) is 13.8 Å². The number of esters is 1. The highest BCUT2D eigenvalue weighted by Crippen LogP contribution is 2.15. The zero-order valence-electron chi connectivity index (χ0n) is 15.7. The van der Waals surface area contributed by atoms with E-state index in [0.717, 1.165) is 51.4 Å². The molecule has 1 atom stereocenters. The maximum Gasteiger partial charge on any atom is 0.305 e. The molecule has 0 fully saturated rings. The maximum atomic E-state index is 11.4. The first-order valence-corrected chi connectivity index (χ1v) is 9.34. The van der Waals surface area contributed by atoms with E-state index in [1.807, 2.05) is 0 Å². The lowest BCUT2D eigenvalue weighted by molar-refractivity contribution is -0.147. The number of aliphatic hydroxyl groups excluding tert-OH is 2. The summed E-state index contributed by atoms with van der Waals surface area (Å²) in [6, 6.07) is 0. The fourth-order valence-corrected chi connectivity index (χ4v) is 2.69. The second-order valence-corrected chi connectivity index (χ2v) is 6.66. The molecular weight excluding hydrogens is 324 g/mol. The van der Waals surface area contributed by atoms with Crippen molar-refractivity contribution in [3.05, 3.63) is 0 Å². The van der Waals surface area contributed by atoms with Gasteiger partial charge in [-0.05, 0) is 26.7 Å². The Morgan fingerprint density at radius 3 is 1.80 bits per heavy atom. The number of rotatable bonds is 16. The molecule has 0 aromatic carbocycles. The first-order chi connectivity index (χ1) is 11.9. The molecule has 0 amide bonds. The largest absolute Gasteiger partial charge is 0.463 e. The number of unbranched alkanes of at least 4 members (excludes halogenated alkanes) is 7. The molecule has 0 aromatic heterocycles. The van der Waals surface area contributed by atoms with Crippen LogP contribution in [0.2, 0.25) is 0 Å². The fraction of sp³-hybridized carbons (Fsp3) is 0.842. The molecule has 0 rings (SSSR count). The minimum Gasteiger partial charge on any atom is -0.463 e. The predicted molar refractivity (Wildman–Crippen MR) is 95.1 cm³/mol. The van der Waals surface area contributed by atoms with Crippen LogP contribution in [0.1, 0.15) is 78.1 Å². The highest BCUT2D eigenvalue weighted by molar-refractivity contribution is 6.00. The first-order valence-electron chi connectivity index (χ1n) is 9.34. The summed E-state index contributed by atoms with van der Waals surface area (Å²) in [5.41, 5.74) is 0. The summed E-state index contributed by atoms with van der Waals surface area (Å²) >= 11 is 0. The van der Waals surface area contributed by atoms with Gasteiger partial charge in [0.15, 0.2) is 0 Å². The van der Waals surface area contributed by atoms with Crippen LogP contribution in [0.15, 0.2) is 0 Å². The Hall–Kier alpha value is -1.27. The standard InChI is InChI=1S/C19H34O6/c1-15(21)18(16(2)22)11-9-7-5-3-4-6-8-10-12-19(24)25-14-17(23)13-20/h17-18,20,23H,3-14H2,1-2H3. The van der Waals surface area contributed by atoms with E-state index in [9.17, 15) is 14.4 Å². The van der Waals surface area contributed by atoms with E-state index in [4.69, 9.17) is 14.9 Å². The normalized spacial score (nSPS) is 12.2. The average Bonchev–Trinajstić information content (AvgIpc) is 2.56. The molecule has 0 aliphatic heterocycles. The van der Waals surface area contributed by atoms with Gasteiger partial charge >= 0.3 is 5.97 Å². The van der Waals surface area contributed by atoms with Gasteiger partial charge in [-0.25, -0.2) is 0 Å². The van der Waals surface area contributed by atoms with Crippen molar-refractivity contribution in [2.75, 3.05) is 13.2 Å². The average molecular weight is 358 g/mol. The monoisotopic (exact) mass is 358 g/mol. The van der Waals surface area contributed by atoms with Crippen LogP contribution in [-0.4, -0.2) is 47.1 Å². The molecule has 0 aromatic rings. The van der Waals surface area contributed by atoms with Gasteiger partial charge in [-0.1, -0.05) is 44.9 Å². The van der Waals surface area contributed by atoms with Gasteiger partial charge in [0.1, 0.15) is 24.3 Å². The molecule has 6 nitrogen and oxygen atoms in total. The van der Waals surface area contributed by atoms with Gasteiger partial charge in [0.25, 0.3) is 0 Å². The van der Waals surface area contributed by atoms with Crippen LogP contribution in [0.25, 0.3) is 0 Å². The van der Waals surface area contributed by atoms with Gasteiger partial charge in [0, 0.05) is 6.42 Å². The summed E-state index contributed by atoms with van der Waals surface area (Å²) in [4.78, 5) is 34.0. The Kier molecular flexibility index (Phi) is 14.3. The zero-order valence-corrected chi connectivity index (χ0v) is 15.7. The molecule has 6 heteroatoms. The lowest BCUT2D eigenvalue weighted by Gasteiger charge is -2.09. The first kappa shape index (κ1) is 23.7. The Bertz CT molecular complexity index is 379. The summed E-state index contributed by atoms with van der Waals surface area (Å²) < 4.78 is 4.82. The van der Waals surface area contributed by atoms with Crippen molar-refractivity contribution in [3.63, 3.8) is 0 Å². The fourth-order valence-electron chi connectivity index (χ4n) is 2.69. The van der Waals surface area contributed by atoms with Crippen molar-refractivity contribution < 1.29 is 29.3 Å². The van der Waals surface area contributed by atoms with Crippen molar-refractivity contribution in [1.29, 1.82) is 0 Å². The minimum absolute atomic E-state index is 0.0307. The van der Waals surface area contributed by atoms with E-state index < -0.39 is 18.6 Å². The Balaban J connectivity index is 3.43. The molecule has 146 valence electrons. The van der Waals surface area contributed by atoms with Crippen LogP contribution in [0.4, 0.5) is 0 Å². The molecule has 0 aliphatic carbocycles. The third-order valence-electron chi connectivity index (χ3n) is 4.25. The summed E-state index contributed by atoms with van der Waals surface area (Å²) in [6.45, 7) is 2.41. The zero-order chi connectivity index (χ0) is 19.1. The lowest BCUT2D eigenvalue weighted by atomic mass is 9.93.